The number of hydrogen-bond donors (Lipinski definition) is 1. The average Bonchev–Trinajstić information content (AvgIpc) is 3.33. The molecule has 7 nitrogen and oxygen atoms in total. The monoisotopic (exact) mass is 395 g/mol. The van der Waals surface area contributed by atoms with E-state index < -0.39 is 5.97 Å². The molecule has 0 bridgehead atoms. The lowest BCUT2D eigenvalue weighted by Gasteiger charge is -2.06. The molecule has 0 spiro atoms. The van der Waals surface area contributed by atoms with Gasteiger partial charge in [0, 0.05) is 18.7 Å². The van der Waals surface area contributed by atoms with E-state index in [9.17, 15) is 9.90 Å². The van der Waals surface area contributed by atoms with Crippen LogP contribution in [-0.2, 0) is 4.74 Å². The number of fused-ring (bicyclic) bond motifs is 1. The molecule has 0 unspecified atom stereocenters. The Morgan fingerprint density at radius 2 is 2.00 bits per heavy atom. The topological polar surface area (TPSA) is 86.5 Å². The summed E-state index contributed by atoms with van der Waals surface area (Å²) in [7, 11) is 1.62. The van der Waals surface area contributed by atoms with Crippen LogP contribution in [0.15, 0.2) is 54.9 Å². The fraction of sp³-hybridized carbons (Fsp3) is 0.150. The van der Waals surface area contributed by atoms with E-state index in [0.29, 0.717) is 29.8 Å². The third-order valence-corrected chi connectivity index (χ3v) is 5.18. The van der Waals surface area contributed by atoms with Gasteiger partial charge in [-0.1, -0.05) is 41.7 Å². The van der Waals surface area contributed by atoms with Crippen molar-refractivity contribution in [1.29, 1.82) is 0 Å². The largest absolute Gasteiger partial charge is 0.491 e. The number of carboxylic acids is 1. The highest BCUT2D eigenvalue weighted by Gasteiger charge is 2.20. The molecular formula is C20H17N3O4S. The lowest BCUT2D eigenvalue weighted by atomic mass is 10.1. The van der Waals surface area contributed by atoms with Gasteiger partial charge in [-0.2, -0.15) is 0 Å². The molecule has 28 heavy (non-hydrogen) atoms. The van der Waals surface area contributed by atoms with Crippen LogP contribution in [-0.4, -0.2) is 45.9 Å². The van der Waals surface area contributed by atoms with Crippen molar-refractivity contribution < 1.29 is 19.4 Å². The summed E-state index contributed by atoms with van der Waals surface area (Å²) in [5.74, 6) is -0.319. The van der Waals surface area contributed by atoms with Crippen LogP contribution in [0.1, 0.15) is 9.67 Å². The molecule has 4 rings (SSSR count). The van der Waals surface area contributed by atoms with Gasteiger partial charge in [0.1, 0.15) is 23.6 Å². The lowest BCUT2D eigenvalue weighted by molar-refractivity contribution is 0.0702. The molecular weight excluding hydrogens is 378 g/mol. The van der Waals surface area contributed by atoms with Gasteiger partial charge in [0.05, 0.1) is 23.3 Å². The number of imidazole rings is 1. The van der Waals surface area contributed by atoms with Gasteiger partial charge in [-0.15, -0.1) is 0 Å². The summed E-state index contributed by atoms with van der Waals surface area (Å²) >= 11 is 1.11. The number of carboxylic acid groups (broad SMARTS) is 1. The van der Waals surface area contributed by atoms with Crippen LogP contribution >= 0.6 is 11.3 Å². The van der Waals surface area contributed by atoms with Gasteiger partial charge in [0.2, 0.25) is 0 Å². The number of methoxy groups -OCH3 is 1. The number of rotatable bonds is 7. The second kappa shape index (κ2) is 7.79. The summed E-state index contributed by atoms with van der Waals surface area (Å²) in [5, 5.41) is 10.2. The van der Waals surface area contributed by atoms with E-state index in [0.717, 1.165) is 27.9 Å². The van der Waals surface area contributed by atoms with Crippen molar-refractivity contribution in [2.75, 3.05) is 20.3 Å². The Morgan fingerprint density at radius 1 is 1.18 bits per heavy atom. The van der Waals surface area contributed by atoms with Gasteiger partial charge < -0.3 is 14.6 Å². The second-order valence-electron chi connectivity index (χ2n) is 5.95. The molecule has 4 aromatic rings. The summed E-state index contributed by atoms with van der Waals surface area (Å²) < 4.78 is 12.5. The molecule has 0 fully saturated rings. The normalized spacial score (nSPS) is 11.0. The van der Waals surface area contributed by atoms with E-state index in [1.165, 1.54) is 0 Å². The van der Waals surface area contributed by atoms with Crippen LogP contribution in [0.3, 0.4) is 0 Å². The summed E-state index contributed by atoms with van der Waals surface area (Å²) in [4.78, 5) is 20.9. The maximum Gasteiger partial charge on any atom is 0.348 e. The number of thiazole rings is 1. The first-order valence-corrected chi connectivity index (χ1v) is 9.38. The van der Waals surface area contributed by atoms with E-state index >= 15 is 0 Å². The van der Waals surface area contributed by atoms with Crippen molar-refractivity contribution in [3.63, 3.8) is 0 Å². The summed E-state index contributed by atoms with van der Waals surface area (Å²) in [5.41, 5.74) is 2.77. The van der Waals surface area contributed by atoms with Crippen molar-refractivity contribution in [1.82, 2.24) is 14.5 Å². The third kappa shape index (κ3) is 3.47. The molecule has 0 amide bonds. The first-order chi connectivity index (χ1) is 13.7. The number of ether oxygens (including phenoxy) is 2. The van der Waals surface area contributed by atoms with Crippen LogP contribution in [0.2, 0.25) is 0 Å². The molecule has 0 saturated heterocycles. The maximum absolute atomic E-state index is 11.8. The average molecular weight is 395 g/mol. The Hall–Kier alpha value is -3.23. The van der Waals surface area contributed by atoms with Crippen LogP contribution < -0.4 is 4.74 Å². The summed E-state index contributed by atoms with van der Waals surface area (Å²) in [6.07, 6.45) is 1.64. The molecule has 0 aliphatic carbocycles. The van der Waals surface area contributed by atoms with Gasteiger partial charge in [-0.05, 0) is 12.1 Å². The summed E-state index contributed by atoms with van der Waals surface area (Å²) in [6.45, 7) is 0.931. The molecule has 1 N–H and O–H groups in total. The zero-order valence-corrected chi connectivity index (χ0v) is 15.8. The number of hydrogen-bond acceptors (Lipinski definition) is 6. The lowest BCUT2D eigenvalue weighted by Crippen LogP contribution is -2.04. The molecule has 0 atom stereocenters. The van der Waals surface area contributed by atoms with E-state index in [4.69, 9.17) is 9.47 Å². The molecule has 142 valence electrons. The standard InChI is InChI=1S/C20H17N3O4S/c1-26-9-10-27-14-7-8-15-16(11-14)23(12-21-15)20-22-17(18(28-20)19(24)25)13-5-3-2-4-6-13/h2-8,11-12H,9-10H2,1H3,(H,24,25). The predicted molar refractivity (Wildman–Crippen MR) is 107 cm³/mol. The zero-order chi connectivity index (χ0) is 19.5. The van der Waals surface area contributed by atoms with E-state index in [1.807, 2.05) is 48.5 Å². The fourth-order valence-corrected chi connectivity index (χ4v) is 3.73. The second-order valence-corrected chi connectivity index (χ2v) is 6.93. The Kier molecular flexibility index (Phi) is 5.05. The Labute approximate surface area is 164 Å². The number of benzene rings is 2. The van der Waals surface area contributed by atoms with Crippen LogP contribution in [0.5, 0.6) is 5.75 Å². The van der Waals surface area contributed by atoms with Gasteiger partial charge >= 0.3 is 5.97 Å². The smallest absolute Gasteiger partial charge is 0.348 e. The highest BCUT2D eigenvalue weighted by molar-refractivity contribution is 7.16. The fourth-order valence-electron chi connectivity index (χ4n) is 2.82. The molecule has 0 radical (unpaired) electrons. The number of carbonyl (C=O) groups is 1. The Bertz CT molecular complexity index is 1120. The van der Waals surface area contributed by atoms with Gasteiger partial charge in [0.25, 0.3) is 0 Å². The SMILES string of the molecule is COCCOc1ccc2ncn(-c3nc(-c4ccccc4)c(C(=O)O)s3)c2c1. The molecule has 0 aliphatic rings. The van der Waals surface area contributed by atoms with Crippen molar-refractivity contribution in [2.45, 2.75) is 0 Å². The Morgan fingerprint density at radius 3 is 2.75 bits per heavy atom. The first kappa shape index (κ1) is 18.1. The zero-order valence-electron chi connectivity index (χ0n) is 15.0. The van der Waals surface area contributed by atoms with E-state index in [-0.39, 0.29) is 4.88 Å². The number of aromatic nitrogens is 3. The minimum absolute atomic E-state index is 0.190. The molecule has 0 aliphatic heterocycles. The van der Waals surface area contributed by atoms with Crippen LogP contribution in [0, 0.1) is 0 Å². The molecule has 0 saturated carbocycles. The van der Waals surface area contributed by atoms with E-state index in [2.05, 4.69) is 9.97 Å². The maximum atomic E-state index is 11.8. The van der Waals surface area contributed by atoms with Crippen molar-refractivity contribution in [2.24, 2.45) is 0 Å². The minimum Gasteiger partial charge on any atom is -0.491 e. The predicted octanol–water partition coefficient (Wildman–Crippen LogP) is 3.87. The highest BCUT2D eigenvalue weighted by atomic mass is 32.1. The van der Waals surface area contributed by atoms with Crippen molar-refractivity contribution >= 4 is 28.3 Å². The Balaban J connectivity index is 1.77. The van der Waals surface area contributed by atoms with E-state index in [1.54, 1.807) is 18.0 Å². The van der Waals surface area contributed by atoms with Gasteiger partial charge in [-0.25, -0.2) is 14.8 Å². The first-order valence-electron chi connectivity index (χ1n) is 8.56. The van der Waals surface area contributed by atoms with Crippen LogP contribution in [0.25, 0.3) is 27.4 Å². The molecule has 2 heterocycles. The number of aromatic carboxylic acids is 1. The van der Waals surface area contributed by atoms with Gasteiger partial charge in [-0.3, -0.25) is 4.57 Å². The summed E-state index contributed by atoms with van der Waals surface area (Å²) in [6, 6.07) is 14.9. The third-order valence-electron chi connectivity index (χ3n) is 4.14. The highest BCUT2D eigenvalue weighted by Crippen LogP contribution is 2.32. The molecule has 2 aromatic carbocycles. The van der Waals surface area contributed by atoms with Crippen LogP contribution in [0.4, 0.5) is 0 Å². The molecule has 8 heteroatoms. The minimum atomic E-state index is -1.00. The van der Waals surface area contributed by atoms with Gasteiger partial charge in [0.15, 0.2) is 5.13 Å². The molecule has 2 aromatic heterocycles. The number of nitrogens with zero attached hydrogens (tertiary/aromatic N) is 3. The van der Waals surface area contributed by atoms with Crippen molar-refractivity contribution in [3.05, 3.63) is 59.7 Å². The van der Waals surface area contributed by atoms with Crippen molar-refractivity contribution in [3.8, 4) is 22.1 Å². The quantitative estimate of drug-likeness (QED) is 0.478.